The highest BCUT2D eigenvalue weighted by Gasteiger charge is 2.08. The first-order valence-electron chi connectivity index (χ1n) is 30.0. The molecule has 0 spiro atoms. The molecule has 0 unspecified atom stereocenters. The van der Waals surface area contributed by atoms with Crippen LogP contribution in [0, 0.1) is 83.1 Å². The zero-order valence-corrected chi connectivity index (χ0v) is 53.7. The van der Waals surface area contributed by atoms with Crippen molar-refractivity contribution in [2.75, 3.05) is 0 Å². The van der Waals surface area contributed by atoms with Crippen LogP contribution in [0.1, 0.15) is 92.9 Å². The quantitative estimate of drug-likeness (QED) is 0.166. The van der Waals surface area contributed by atoms with E-state index < -0.39 is 0 Å². The van der Waals surface area contributed by atoms with E-state index in [1.54, 1.807) is 6.20 Å². The smallest absolute Gasteiger partial charge is 0.0458 e. The van der Waals surface area contributed by atoms with E-state index in [9.17, 15) is 0 Å². The first-order chi connectivity index (χ1) is 41.9. The van der Waals surface area contributed by atoms with Crippen LogP contribution in [0.15, 0.2) is 267 Å². The summed E-state index contributed by atoms with van der Waals surface area (Å²) in [6, 6.07) is 84.7. The molecule has 0 saturated heterocycles. The van der Waals surface area contributed by atoms with Crippen molar-refractivity contribution in [1.82, 2.24) is 24.9 Å². The van der Waals surface area contributed by atoms with Crippen molar-refractivity contribution in [3.05, 3.63) is 341 Å². The Bertz CT molecular complexity index is 3870. The summed E-state index contributed by atoms with van der Waals surface area (Å²) in [6.45, 7) is 29.1. The highest BCUT2D eigenvalue weighted by molar-refractivity contribution is 5.81. The van der Waals surface area contributed by atoms with Crippen molar-refractivity contribution >= 4 is 0 Å². The van der Waals surface area contributed by atoms with Gasteiger partial charge in [0.25, 0.3) is 0 Å². The van der Waals surface area contributed by atoms with Crippen LogP contribution in [0.25, 0.3) is 55.6 Å². The molecule has 0 fully saturated rings. The van der Waals surface area contributed by atoms with Crippen LogP contribution in [-0.2, 0) is 0 Å². The van der Waals surface area contributed by atoms with Crippen LogP contribution < -0.4 is 0 Å². The van der Waals surface area contributed by atoms with Crippen LogP contribution in [0.2, 0.25) is 0 Å². The third-order valence-electron chi connectivity index (χ3n) is 14.7. The van der Waals surface area contributed by atoms with Gasteiger partial charge in [-0.05, 0) is 233 Å². The van der Waals surface area contributed by atoms with Crippen molar-refractivity contribution in [1.29, 1.82) is 0 Å². The predicted molar refractivity (Wildman–Crippen MR) is 372 cm³/mol. The van der Waals surface area contributed by atoms with Gasteiger partial charge in [-0.2, -0.15) is 0 Å². The zero-order chi connectivity index (χ0) is 62.5. The van der Waals surface area contributed by atoms with E-state index in [4.69, 9.17) is 0 Å². The summed E-state index contributed by atoms with van der Waals surface area (Å²) in [5.41, 5.74) is 28.3. The number of benzene rings is 7. The molecule has 12 aromatic rings. The molecule has 0 aliphatic carbocycles. The van der Waals surface area contributed by atoms with Crippen molar-refractivity contribution < 1.29 is 0 Å². The Kier molecular flexibility index (Phi) is 26.7. The summed E-state index contributed by atoms with van der Waals surface area (Å²) in [6.07, 6.45) is 7.29. The Morgan fingerprint density at radius 3 is 1.03 bits per heavy atom. The molecule has 0 saturated carbocycles. The highest BCUT2D eigenvalue weighted by atomic mass is 14.7. The van der Waals surface area contributed by atoms with Gasteiger partial charge in [0.05, 0.1) is 0 Å². The molecule has 12 rings (SSSR count). The Hall–Kier alpha value is -9.71. The lowest BCUT2D eigenvalue weighted by Crippen LogP contribution is -1.94. The maximum absolute atomic E-state index is 4.28. The Morgan fingerprint density at radius 1 is 0.241 bits per heavy atom. The molecule has 5 heteroatoms. The highest BCUT2D eigenvalue weighted by Crippen LogP contribution is 2.33. The fraction of sp³-hybridized carbons (Fsp3) is 0.183. The summed E-state index contributed by atoms with van der Waals surface area (Å²) in [7, 11) is 0. The van der Waals surface area contributed by atoms with Gasteiger partial charge in [-0.3, -0.25) is 24.9 Å². The van der Waals surface area contributed by atoms with Gasteiger partial charge >= 0.3 is 0 Å². The maximum atomic E-state index is 4.28. The van der Waals surface area contributed by atoms with E-state index in [0.29, 0.717) is 5.92 Å². The van der Waals surface area contributed by atoms with Gasteiger partial charge in [-0.15, -0.1) is 0 Å². The second kappa shape index (κ2) is 34.9. The van der Waals surface area contributed by atoms with E-state index in [2.05, 4.69) is 281 Å². The first-order valence-corrected chi connectivity index (χ1v) is 30.0. The van der Waals surface area contributed by atoms with Gasteiger partial charge in [0.15, 0.2) is 0 Å². The molecule has 87 heavy (non-hydrogen) atoms. The van der Waals surface area contributed by atoms with E-state index >= 15 is 0 Å². The van der Waals surface area contributed by atoms with Crippen LogP contribution in [0.3, 0.4) is 0 Å². The van der Waals surface area contributed by atoms with Crippen LogP contribution in [-0.4, -0.2) is 24.9 Å². The monoisotopic (exact) mass is 1140 g/mol. The summed E-state index contributed by atoms with van der Waals surface area (Å²) in [4.78, 5) is 20.7. The largest absolute Gasteiger partial charge is 0.262 e. The molecule has 0 radical (unpaired) electrons. The summed E-state index contributed by atoms with van der Waals surface area (Å²) in [5.74, 6) is 0.543. The Morgan fingerprint density at radius 2 is 0.644 bits per heavy atom. The molecule has 5 nitrogen and oxygen atoms in total. The molecule has 440 valence electrons. The van der Waals surface area contributed by atoms with Crippen LogP contribution in [0.5, 0.6) is 0 Å². The Balaban J connectivity index is 0.000000172. The molecule has 5 aromatic heterocycles. The van der Waals surface area contributed by atoms with Gasteiger partial charge in [-0.1, -0.05) is 207 Å². The number of pyridine rings is 5. The van der Waals surface area contributed by atoms with Gasteiger partial charge < -0.3 is 0 Å². The number of aryl methyl sites for hydroxylation is 11. The van der Waals surface area contributed by atoms with Gasteiger partial charge in [0.1, 0.15) is 0 Å². The average Bonchev–Trinajstić information content (AvgIpc) is 3.73. The summed E-state index contributed by atoms with van der Waals surface area (Å²) >= 11 is 0. The average molecular weight is 1140 g/mol. The first kappa shape index (κ1) is 66.4. The SMILES string of the molecule is Cc1ccc(C)c(C)n1.Cc1cccc(-c2cc(-c3ccccc3)cc(-c3ccccc3)c2)c1.Cc1cccc(-c2cccc(-c3ccccc3)c2)c1.Cc1ccccn1.Cc1cccnc1C.Cc1cccnc1C(C)C.Cc1ccnc(C)c1C. The predicted octanol–water partition coefficient (Wildman–Crippen LogP) is 21.9. The number of aromatic nitrogens is 5. The van der Waals surface area contributed by atoms with E-state index in [0.717, 1.165) is 28.5 Å². The molecule has 0 atom stereocenters. The second-order valence-electron chi connectivity index (χ2n) is 22.1. The fourth-order valence-electron chi connectivity index (χ4n) is 9.19. The number of hydrogen-bond acceptors (Lipinski definition) is 5. The normalized spacial score (nSPS) is 10.1. The maximum Gasteiger partial charge on any atom is 0.0458 e. The molecule has 0 aliphatic rings. The standard InChI is InChI=1S/C25H20.C19H16.C9H13N.2C8H11N.C7H9N.C6H7N/c1-19-9-8-14-22(15-19)25-17-23(20-10-4-2-5-11-20)16-24(18-25)21-12-6-3-7-13-21;1-15-7-5-10-17(13-15)19-12-6-11-18(14-19)16-8-3-2-4-9-16;1-7(2)9-8(3)5-4-6-10-9;1-6-4-5-9-8(3)7(6)2;1-6-4-5-7(2)9-8(6)3;1-6-4-3-5-8-7(6)2;1-6-4-2-3-5-7-6/h2-18H,1H3;2-14H,1H3;4-7H,1-3H3;2*4-5H,1-3H3;3-5H,1-2H3;2-5H,1H3. The molecular formula is C82H87N5. The lowest BCUT2D eigenvalue weighted by Gasteiger charge is -2.11. The van der Waals surface area contributed by atoms with Crippen LogP contribution >= 0.6 is 0 Å². The Labute approximate surface area is 521 Å². The summed E-state index contributed by atoms with van der Waals surface area (Å²) < 4.78 is 0. The molecule has 0 aliphatic heterocycles. The minimum atomic E-state index is 0.543. The zero-order valence-electron chi connectivity index (χ0n) is 53.7. The van der Waals surface area contributed by atoms with E-state index in [1.165, 1.54) is 100 Å². The fourth-order valence-corrected chi connectivity index (χ4v) is 9.19. The third-order valence-corrected chi connectivity index (χ3v) is 14.7. The van der Waals surface area contributed by atoms with Crippen molar-refractivity contribution in [2.24, 2.45) is 0 Å². The topological polar surface area (TPSA) is 64.5 Å². The van der Waals surface area contributed by atoms with Gasteiger partial charge in [0.2, 0.25) is 0 Å². The molecule has 0 bridgehead atoms. The number of rotatable bonds is 6. The van der Waals surface area contributed by atoms with Crippen LogP contribution in [0.4, 0.5) is 0 Å². The third kappa shape index (κ3) is 22.3. The number of hydrogen-bond donors (Lipinski definition) is 0. The molecule has 0 amide bonds. The van der Waals surface area contributed by atoms with E-state index in [1.807, 2.05) is 102 Å². The second-order valence-corrected chi connectivity index (χ2v) is 22.1. The number of nitrogens with zero attached hydrogens (tertiary/aromatic N) is 5. The summed E-state index contributed by atoms with van der Waals surface area (Å²) in [5, 5.41) is 0. The van der Waals surface area contributed by atoms with Gasteiger partial charge in [-0.25, -0.2) is 0 Å². The molecule has 5 heterocycles. The molecule has 0 N–H and O–H groups in total. The van der Waals surface area contributed by atoms with Crippen molar-refractivity contribution in [3.8, 4) is 55.6 Å². The minimum absolute atomic E-state index is 0.543. The minimum Gasteiger partial charge on any atom is -0.262 e. The van der Waals surface area contributed by atoms with Crippen molar-refractivity contribution in [2.45, 2.75) is 103 Å². The lowest BCUT2D eigenvalue weighted by molar-refractivity contribution is 0.811. The molecular weight excluding hydrogens is 1050 g/mol. The van der Waals surface area contributed by atoms with Crippen molar-refractivity contribution in [3.63, 3.8) is 0 Å². The lowest BCUT2D eigenvalue weighted by atomic mass is 9.93. The van der Waals surface area contributed by atoms with E-state index in [-0.39, 0.29) is 0 Å². The molecule has 7 aromatic carbocycles. The van der Waals surface area contributed by atoms with Gasteiger partial charge in [0, 0.05) is 59.0 Å².